The summed E-state index contributed by atoms with van der Waals surface area (Å²) in [5.41, 5.74) is 4.45. The Morgan fingerprint density at radius 3 is 2.71 bits per heavy atom. The summed E-state index contributed by atoms with van der Waals surface area (Å²) in [6.45, 7) is 6.28. The molecule has 2 rings (SSSR count). The van der Waals surface area contributed by atoms with Crippen LogP contribution in [0.1, 0.15) is 30.9 Å². The zero-order valence-electron chi connectivity index (χ0n) is 8.89. The Labute approximate surface area is 83.6 Å². The molecule has 0 unspecified atom stereocenters. The third kappa shape index (κ3) is 1.29. The molecule has 3 nitrogen and oxygen atoms in total. The number of pyridine rings is 1. The second-order valence-corrected chi connectivity index (χ2v) is 3.51. The molecule has 0 aliphatic carbocycles. The summed E-state index contributed by atoms with van der Waals surface area (Å²) in [4.78, 5) is 4.54. The maximum atomic E-state index is 4.54. The predicted octanol–water partition coefficient (Wildman–Crippen LogP) is 2.39. The van der Waals surface area contributed by atoms with Crippen molar-refractivity contribution >= 4 is 10.9 Å². The highest BCUT2D eigenvalue weighted by Crippen LogP contribution is 2.20. The Morgan fingerprint density at radius 2 is 2.07 bits per heavy atom. The lowest BCUT2D eigenvalue weighted by Gasteiger charge is -2.01. The van der Waals surface area contributed by atoms with Gasteiger partial charge in [-0.3, -0.25) is 10.1 Å². The average Bonchev–Trinajstić information content (AvgIpc) is 2.59. The van der Waals surface area contributed by atoms with E-state index in [1.54, 1.807) is 0 Å². The second kappa shape index (κ2) is 3.40. The molecule has 0 aliphatic rings. The van der Waals surface area contributed by atoms with Gasteiger partial charge in [0.25, 0.3) is 0 Å². The van der Waals surface area contributed by atoms with Gasteiger partial charge in [0.2, 0.25) is 0 Å². The van der Waals surface area contributed by atoms with Gasteiger partial charge in [-0.1, -0.05) is 13.8 Å². The summed E-state index contributed by atoms with van der Waals surface area (Å²) < 4.78 is 0. The molecule has 1 N–H and O–H groups in total. The van der Waals surface area contributed by atoms with Crippen LogP contribution >= 0.6 is 0 Å². The number of aromatic nitrogens is 3. The van der Waals surface area contributed by atoms with Crippen molar-refractivity contribution in [1.82, 2.24) is 15.2 Å². The molecule has 0 spiro atoms. The molecule has 0 atom stereocenters. The van der Waals surface area contributed by atoms with E-state index in [1.807, 2.05) is 13.0 Å². The van der Waals surface area contributed by atoms with Crippen molar-refractivity contribution in [3.05, 3.63) is 23.1 Å². The molecule has 3 heteroatoms. The van der Waals surface area contributed by atoms with Gasteiger partial charge in [0.15, 0.2) is 0 Å². The summed E-state index contributed by atoms with van der Waals surface area (Å²) in [6.07, 6.45) is 1.94. The van der Waals surface area contributed by atoms with Gasteiger partial charge in [0, 0.05) is 16.8 Å². The van der Waals surface area contributed by atoms with Gasteiger partial charge < -0.3 is 0 Å². The van der Waals surface area contributed by atoms with E-state index in [1.165, 1.54) is 11.1 Å². The molecule has 0 fully saturated rings. The third-order valence-electron chi connectivity index (χ3n) is 2.50. The maximum Gasteiger partial charge on any atom is 0.0960 e. The first kappa shape index (κ1) is 9.19. The minimum atomic E-state index is 0.963. The van der Waals surface area contributed by atoms with Crippen LogP contribution in [0.5, 0.6) is 0 Å². The second-order valence-electron chi connectivity index (χ2n) is 3.51. The standard InChI is InChI=1S/C11H15N3/c1-4-8-11-9(5-2)13-14-10(11)6-7(3)12-8/h6H,4-5H2,1-3H3,(H,13,14). The molecular weight excluding hydrogens is 174 g/mol. The lowest BCUT2D eigenvalue weighted by molar-refractivity contribution is 0.982. The number of nitrogens with one attached hydrogen (secondary N) is 1. The van der Waals surface area contributed by atoms with Crippen LogP contribution in [0.3, 0.4) is 0 Å². The van der Waals surface area contributed by atoms with Gasteiger partial charge in [-0.25, -0.2) is 0 Å². The molecule has 2 heterocycles. The Kier molecular flexibility index (Phi) is 2.23. The number of hydrogen-bond acceptors (Lipinski definition) is 2. The van der Waals surface area contributed by atoms with Gasteiger partial charge in [-0.15, -0.1) is 0 Å². The highest BCUT2D eigenvalue weighted by molar-refractivity contribution is 5.84. The first-order valence-electron chi connectivity index (χ1n) is 5.09. The Bertz CT molecular complexity index is 457. The molecule has 0 aliphatic heterocycles. The van der Waals surface area contributed by atoms with Crippen LogP contribution in [0.2, 0.25) is 0 Å². The summed E-state index contributed by atoms with van der Waals surface area (Å²) in [5.74, 6) is 0. The van der Waals surface area contributed by atoms with Gasteiger partial charge >= 0.3 is 0 Å². The number of rotatable bonds is 2. The largest absolute Gasteiger partial charge is 0.281 e. The summed E-state index contributed by atoms with van der Waals surface area (Å²) >= 11 is 0. The Hall–Kier alpha value is -1.38. The van der Waals surface area contributed by atoms with Crippen LogP contribution in [0, 0.1) is 6.92 Å². The number of H-pyrrole nitrogens is 1. The summed E-state index contributed by atoms with van der Waals surface area (Å²) in [7, 11) is 0. The predicted molar refractivity (Wildman–Crippen MR) is 57.4 cm³/mol. The van der Waals surface area contributed by atoms with Crippen LogP contribution < -0.4 is 0 Å². The van der Waals surface area contributed by atoms with Crippen LogP contribution in [-0.4, -0.2) is 15.2 Å². The number of hydrogen-bond donors (Lipinski definition) is 1. The van der Waals surface area contributed by atoms with Crippen molar-refractivity contribution in [1.29, 1.82) is 0 Å². The minimum absolute atomic E-state index is 0.963. The van der Waals surface area contributed by atoms with E-state index >= 15 is 0 Å². The molecule has 2 aromatic heterocycles. The molecule has 0 saturated carbocycles. The van der Waals surface area contributed by atoms with Gasteiger partial charge in [0.1, 0.15) is 0 Å². The van der Waals surface area contributed by atoms with Crippen LogP contribution in [0.25, 0.3) is 10.9 Å². The smallest absolute Gasteiger partial charge is 0.0960 e. The summed E-state index contributed by atoms with van der Waals surface area (Å²) in [5, 5.41) is 8.59. The normalized spacial score (nSPS) is 11.1. The van der Waals surface area contributed by atoms with Crippen molar-refractivity contribution in [2.75, 3.05) is 0 Å². The van der Waals surface area contributed by atoms with Crippen molar-refractivity contribution in [3.63, 3.8) is 0 Å². The first-order chi connectivity index (χ1) is 6.76. The molecular formula is C11H15N3. The van der Waals surface area contributed by atoms with Crippen LogP contribution in [-0.2, 0) is 12.8 Å². The molecule has 2 aromatic rings. The molecule has 14 heavy (non-hydrogen) atoms. The zero-order chi connectivity index (χ0) is 10.1. The molecule has 0 saturated heterocycles. The monoisotopic (exact) mass is 189 g/mol. The highest BCUT2D eigenvalue weighted by atomic mass is 15.1. The van der Waals surface area contributed by atoms with E-state index < -0.39 is 0 Å². The Balaban J connectivity index is 2.78. The topological polar surface area (TPSA) is 41.6 Å². The maximum absolute atomic E-state index is 4.54. The zero-order valence-corrected chi connectivity index (χ0v) is 8.89. The fraction of sp³-hybridized carbons (Fsp3) is 0.455. The number of fused-ring (bicyclic) bond motifs is 1. The number of nitrogens with zero attached hydrogens (tertiary/aromatic N) is 2. The van der Waals surface area contributed by atoms with Gasteiger partial charge in [-0.05, 0) is 25.8 Å². The van der Waals surface area contributed by atoms with E-state index in [0.717, 1.165) is 29.7 Å². The average molecular weight is 189 g/mol. The lowest BCUT2D eigenvalue weighted by atomic mass is 10.1. The van der Waals surface area contributed by atoms with E-state index in [0.29, 0.717) is 0 Å². The van der Waals surface area contributed by atoms with E-state index in [9.17, 15) is 0 Å². The molecule has 74 valence electrons. The lowest BCUT2D eigenvalue weighted by Crippen LogP contribution is -1.93. The van der Waals surface area contributed by atoms with Crippen LogP contribution in [0.4, 0.5) is 0 Å². The van der Waals surface area contributed by atoms with Crippen molar-refractivity contribution in [2.45, 2.75) is 33.6 Å². The van der Waals surface area contributed by atoms with E-state index in [-0.39, 0.29) is 0 Å². The SMILES string of the molecule is CCc1nc(C)cc2n[nH]c(CC)c12. The first-order valence-corrected chi connectivity index (χ1v) is 5.09. The van der Waals surface area contributed by atoms with E-state index in [2.05, 4.69) is 29.0 Å². The number of aromatic amines is 1. The fourth-order valence-electron chi connectivity index (χ4n) is 1.83. The van der Waals surface area contributed by atoms with Crippen molar-refractivity contribution in [2.24, 2.45) is 0 Å². The number of aryl methyl sites for hydroxylation is 3. The van der Waals surface area contributed by atoms with Crippen molar-refractivity contribution in [3.8, 4) is 0 Å². The molecule has 0 amide bonds. The summed E-state index contributed by atoms with van der Waals surface area (Å²) in [6, 6.07) is 2.03. The Morgan fingerprint density at radius 1 is 1.29 bits per heavy atom. The molecule has 0 radical (unpaired) electrons. The van der Waals surface area contributed by atoms with Gasteiger partial charge in [-0.2, -0.15) is 5.10 Å². The molecule has 0 aromatic carbocycles. The minimum Gasteiger partial charge on any atom is -0.281 e. The third-order valence-corrected chi connectivity index (χ3v) is 2.50. The van der Waals surface area contributed by atoms with Crippen molar-refractivity contribution < 1.29 is 0 Å². The van der Waals surface area contributed by atoms with Crippen LogP contribution in [0.15, 0.2) is 6.07 Å². The molecule has 0 bridgehead atoms. The van der Waals surface area contributed by atoms with E-state index in [4.69, 9.17) is 0 Å². The fourth-order valence-corrected chi connectivity index (χ4v) is 1.83. The van der Waals surface area contributed by atoms with Gasteiger partial charge in [0.05, 0.1) is 11.2 Å². The highest BCUT2D eigenvalue weighted by Gasteiger charge is 2.09. The quantitative estimate of drug-likeness (QED) is 0.788.